The molecule has 1 rings (SSSR count). The molecule has 0 radical (unpaired) electrons. The lowest BCUT2D eigenvalue weighted by Gasteiger charge is -2.13. The topological polar surface area (TPSA) is 66.8 Å². The Hall–Kier alpha value is -1.46. The van der Waals surface area contributed by atoms with Crippen LogP contribution in [0.1, 0.15) is 17.2 Å². The molecule has 1 aromatic rings. The molecule has 0 aliphatic heterocycles. The summed E-state index contributed by atoms with van der Waals surface area (Å²) in [7, 11) is 0. The van der Waals surface area contributed by atoms with Gasteiger partial charge in [-0.15, -0.1) is 0 Å². The Morgan fingerprint density at radius 3 is 2.75 bits per heavy atom. The first-order valence-electron chi connectivity index (χ1n) is 4.77. The number of halogens is 1. The Bertz CT molecular complexity index is 378. The number of aryl methyl sites for hydroxylation is 1. The highest BCUT2D eigenvalue weighted by atomic mass is 19.1. The minimum Gasteiger partial charge on any atom is -0.479 e. The van der Waals surface area contributed by atoms with E-state index >= 15 is 0 Å². The van der Waals surface area contributed by atoms with Crippen LogP contribution in [0.4, 0.5) is 4.39 Å². The number of ether oxygens (including phenoxy) is 1. The quantitative estimate of drug-likeness (QED) is 0.796. The summed E-state index contributed by atoms with van der Waals surface area (Å²) in [5.41, 5.74) is 0.719. The van der Waals surface area contributed by atoms with Gasteiger partial charge in [0.2, 0.25) is 0 Å². The molecule has 0 spiro atoms. The van der Waals surface area contributed by atoms with Gasteiger partial charge >= 0.3 is 5.97 Å². The standard InChI is InChI=1S/C11H13FO4/c1-7-6-8(2-3-9(7)12)10(11(14)15)16-5-4-13/h2-3,6,10,13H,4-5H2,1H3,(H,14,15). The highest BCUT2D eigenvalue weighted by Crippen LogP contribution is 2.20. The highest BCUT2D eigenvalue weighted by Gasteiger charge is 2.20. The Labute approximate surface area is 92.3 Å². The van der Waals surface area contributed by atoms with Gasteiger partial charge in [0.25, 0.3) is 0 Å². The fourth-order valence-corrected chi connectivity index (χ4v) is 1.31. The van der Waals surface area contributed by atoms with Crippen LogP contribution >= 0.6 is 0 Å². The predicted octanol–water partition coefficient (Wildman–Crippen LogP) is 1.27. The Kier molecular flexibility index (Phi) is 4.39. The van der Waals surface area contributed by atoms with Crippen molar-refractivity contribution in [3.8, 4) is 0 Å². The molecule has 1 unspecified atom stereocenters. The molecule has 4 nitrogen and oxygen atoms in total. The number of carbonyl (C=O) groups is 1. The zero-order valence-electron chi connectivity index (χ0n) is 8.81. The van der Waals surface area contributed by atoms with E-state index in [9.17, 15) is 9.18 Å². The van der Waals surface area contributed by atoms with Crippen LogP contribution in [0.2, 0.25) is 0 Å². The van der Waals surface area contributed by atoms with Gasteiger partial charge in [-0.2, -0.15) is 0 Å². The summed E-state index contributed by atoms with van der Waals surface area (Å²) in [6, 6.07) is 3.98. The molecule has 0 bridgehead atoms. The van der Waals surface area contributed by atoms with Crippen LogP contribution in [-0.4, -0.2) is 29.4 Å². The third kappa shape index (κ3) is 3.01. The fourth-order valence-electron chi connectivity index (χ4n) is 1.31. The highest BCUT2D eigenvalue weighted by molar-refractivity contribution is 5.74. The lowest BCUT2D eigenvalue weighted by atomic mass is 10.1. The molecule has 0 aromatic heterocycles. The van der Waals surface area contributed by atoms with E-state index in [1.165, 1.54) is 18.2 Å². The van der Waals surface area contributed by atoms with E-state index in [1.807, 2.05) is 0 Å². The third-order valence-electron chi connectivity index (χ3n) is 2.08. The molecule has 88 valence electrons. The number of hydrogen-bond donors (Lipinski definition) is 2. The number of rotatable bonds is 5. The average Bonchev–Trinajstić information content (AvgIpc) is 2.23. The number of carboxylic acid groups (broad SMARTS) is 1. The Balaban J connectivity index is 2.92. The van der Waals surface area contributed by atoms with Crippen molar-refractivity contribution in [3.63, 3.8) is 0 Å². The van der Waals surface area contributed by atoms with Crippen LogP contribution in [0.25, 0.3) is 0 Å². The van der Waals surface area contributed by atoms with Crippen molar-refractivity contribution in [2.24, 2.45) is 0 Å². The van der Waals surface area contributed by atoms with Crippen LogP contribution in [0.15, 0.2) is 18.2 Å². The average molecular weight is 228 g/mol. The molecule has 0 aliphatic rings. The molecular weight excluding hydrogens is 215 g/mol. The third-order valence-corrected chi connectivity index (χ3v) is 2.08. The minimum absolute atomic E-state index is 0.0760. The fraction of sp³-hybridized carbons (Fsp3) is 0.364. The lowest BCUT2D eigenvalue weighted by Crippen LogP contribution is -2.17. The van der Waals surface area contributed by atoms with Crippen molar-refractivity contribution in [1.29, 1.82) is 0 Å². The van der Waals surface area contributed by atoms with Crippen molar-refractivity contribution < 1.29 is 24.1 Å². The van der Waals surface area contributed by atoms with Gasteiger partial charge in [-0.05, 0) is 30.2 Å². The van der Waals surface area contributed by atoms with E-state index in [0.717, 1.165) is 0 Å². The monoisotopic (exact) mass is 228 g/mol. The van der Waals surface area contributed by atoms with Crippen LogP contribution in [0, 0.1) is 12.7 Å². The van der Waals surface area contributed by atoms with Gasteiger partial charge < -0.3 is 14.9 Å². The first-order valence-corrected chi connectivity index (χ1v) is 4.77. The van der Waals surface area contributed by atoms with Gasteiger partial charge in [0, 0.05) is 0 Å². The van der Waals surface area contributed by atoms with E-state index in [-0.39, 0.29) is 13.2 Å². The zero-order valence-corrected chi connectivity index (χ0v) is 8.81. The summed E-state index contributed by atoms with van der Waals surface area (Å²) in [4.78, 5) is 10.9. The molecule has 1 atom stereocenters. The number of aliphatic hydroxyl groups is 1. The first kappa shape index (κ1) is 12.6. The zero-order chi connectivity index (χ0) is 12.1. The van der Waals surface area contributed by atoms with E-state index in [2.05, 4.69) is 0 Å². The van der Waals surface area contributed by atoms with Gasteiger partial charge in [-0.25, -0.2) is 9.18 Å². The summed E-state index contributed by atoms with van der Waals surface area (Å²) in [5, 5.41) is 17.5. The minimum atomic E-state index is -1.17. The molecule has 0 saturated carbocycles. The van der Waals surface area contributed by atoms with Gasteiger partial charge in [-0.3, -0.25) is 0 Å². The van der Waals surface area contributed by atoms with Crippen molar-refractivity contribution in [3.05, 3.63) is 35.1 Å². The van der Waals surface area contributed by atoms with Crippen molar-refractivity contribution >= 4 is 5.97 Å². The smallest absolute Gasteiger partial charge is 0.337 e. The number of carboxylic acids is 1. The number of aliphatic hydroxyl groups excluding tert-OH is 1. The summed E-state index contributed by atoms with van der Waals surface area (Å²) in [6.07, 6.45) is -1.17. The lowest BCUT2D eigenvalue weighted by molar-refractivity contribution is -0.151. The first-order chi connectivity index (χ1) is 7.56. The Morgan fingerprint density at radius 1 is 1.56 bits per heavy atom. The van der Waals surface area contributed by atoms with Gasteiger partial charge in [0.1, 0.15) is 5.82 Å². The SMILES string of the molecule is Cc1cc(C(OCCO)C(=O)O)ccc1F. The Morgan fingerprint density at radius 2 is 2.25 bits per heavy atom. The second-order valence-corrected chi connectivity index (χ2v) is 3.32. The molecule has 0 heterocycles. The number of hydrogen-bond acceptors (Lipinski definition) is 3. The molecule has 0 aliphatic carbocycles. The summed E-state index contributed by atoms with van der Waals surface area (Å²) < 4.78 is 17.9. The molecule has 2 N–H and O–H groups in total. The van der Waals surface area contributed by atoms with Crippen LogP contribution in [0.3, 0.4) is 0 Å². The van der Waals surface area contributed by atoms with Crippen molar-refractivity contribution in [2.45, 2.75) is 13.0 Å². The van der Waals surface area contributed by atoms with Gasteiger partial charge in [0.05, 0.1) is 13.2 Å². The van der Waals surface area contributed by atoms with E-state index in [1.54, 1.807) is 6.92 Å². The van der Waals surface area contributed by atoms with Crippen LogP contribution < -0.4 is 0 Å². The van der Waals surface area contributed by atoms with E-state index < -0.39 is 17.9 Å². The molecule has 0 fully saturated rings. The maximum atomic E-state index is 13.0. The summed E-state index contributed by atoms with van der Waals surface area (Å²) >= 11 is 0. The molecule has 5 heteroatoms. The summed E-state index contributed by atoms with van der Waals surface area (Å²) in [5.74, 6) is -1.56. The molecule has 1 aromatic carbocycles. The van der Waals surface area contributed by atoms with Crippen molar-refractivity contribution in [2.75, 3.05) is 13.2 Å². The number of aliphatic carboxylic acids is 1. The summed E-state index contributed by atoms with van der Waals surface area (Å²) in [6.45, 7) is 1.21. The molecule has 0 amide bonds. The van der Waals surface area contributed by atoms with Gasteiger partial charge in [0.15, 0.2) is 6.10 Å². The second-order valence-electron chi connectivity index (χ2n) is 3.32. The van der Waals surface area contributed by atoms with Gasteiger partial charge in [-0.1, -0.05) is 6.07 Å². The largest absolute Gasteiger partial charge is 0.479 e. The maximum absolute atomic E-state index is 13.0. The molecule has 16 heavy (non-hydrogen) atoms. The van der Waals surface area contributed by atoms with E-state index in [0.29, 0.717) is 11.1 Å². The predicted molar refractivity (Wildman–Crippen MR) is 54.6 cm³/mol. The van der Waals surface area contributed by atoms with E-state index in [4.69, 9.17) is 14.9 Å². The van der Waals surface area contributed by atoms with Crippen molar-refractivity contribution in [1.82, 2.24) is 0 Å². The van der Waals surface area contributed by atoms with Crippen LogP contribution in [-0.2, 0) is 9.53 Å². The second kappa shape index (κ2) is 5.58. The number of benzene rings is 1. The molecular formula is C11H13FO4. The normalized spacial score (nSPS) is 12.4. The molecule has 0 saturated heterocycles. The maximum Gasteiger partial charge on any atom is 0.337 e. The van der Waals surface area contributed by atoms with Crippen LogP contribution in [0.5, 0.6) is 0 Å².